The number of hydrogen-bond acceptors (Lipinski definition) is 2. The lowest BCUT2D eigenvalue weighted by molar-refractivity contribution is -0.136. The van der Waals surface area contributed by atoms with Crippen LogP contribution in [0.25, 0.3) is 0 Å². The average Bonchev–Trinajstić information content (AvgIpc) is 2.31. The van der Waals surface area contributed by atoms with Crippen LogP contribution in [-0.4, -0.2) is 18.3 Å². The maximum absolute atomic E-state index is 12.1. The molecule has 0 amide bonds. The minimum atomic E-state index is -4.14. The van der Waals surface area contributed by atoms with Crippen molar-refractivity contribution in [2.75, 3.05) is 6.61 Å². The van der Waals surface area contributed by atoms with Crippen LogP contribution in [0.4, 0.5) is 13.2 Å². The smallest absolute Gasteiger partial charge is 0.389 e. The molecule has 0 aliphatic carbocycles. The van der Waals surface area contributed by atoms with E-state index in [4.69, 9.17) is 16.3 Å². The van der Waals surface area contributed by atoms with E-state index in [2.05, 4.69) is 5.32 Å². The summed E-state index contributed by atoms with van der Waals surface area (Å²) in [6, 6.07) is 5.12. The monoisotopic (exact) mass is 323 g/mol. The zero-order valence-electron chi connectivity index (χ0n) is 12.5. The lowest BCUT2D eigenvalue weighted by Gasteiger charge is -2.22. The Kier molecular flexibility index (Phi) is 6.35. The van der Waals surface area contributed by atoms with Gasteiger partial charge in [-0.1, -0.05) is 11.6 Å². The number of rotatable bonds is 6. The van der Waals surface area contributed by atoms with Crippen LogP contribution in [0, 0.1) is 0 Å². The second-order valence-corrected chi connectivity index (χ2v) is 6.36. The SMILES string of the molecule is CC(C)(C)NCc1cc(Cl)ccc1OCCCC(F)(F)F. The van der Waals surface area contributed by atoms with E-state index in [-0.39, 0.29) is 18.6 Å². The Morgan fingerprint density at radius 1 is 1.19 bits per heavy atom. The van der Waals surface area contributed by atoms with Gasteiger partial charge in [0.25, 0.3) is 0 Å². The molecule has 0 heterocycles. The van der Waals surface area contributed by atoms with Crippen LogP contribution in [0.15, 0.2) is 18.2 Å². The highest BCUT2D eigenvalue weighted by molar-refractivity contribution is 6.30. The van der Waals surface area contributed by atoms with Gasteiger partial charge in [0.2, 0.25) is 0 Å². The molecule has 0 aliphatic heterocycles. The number of benzene rings is 1. The molecule has 6 heteroatoms. The molecule has 0 aromatic heterocycles. The zero-order chi connectivity index (χ0) is 16.1. The fraction of sp³-hybridized carbons (Fsp3) is 0.600. The van der Waals surface area contributed by atoms with E-state index in [1.807, 2.05) is 20.8 Å². The third-order valence-electron chi connectivity index (χ3n) is 2.69. The molecule has 0 saturated carbocycles. The summed E-state index contributed by atoms with van der Waals surface area (Å²) in [7, 11) is 0. The first kappa shape index (κ1) is 18.1. The third-order valence-corrected chi connectivity index (χ3v) is 2.93. The van der Waals surface area contributed by atoms with Crippen molar-refractivity contribution in [2.24, 2.45) is 0 Å². The second-order valence-electron chi connectivity index (χ2n) is 5.92. The summed E-state index contributed by atoms with van der Waals surface area (Å²) in [6.45, 7) is 6.66. The third kappa shape index (κ3) is 8.17. The number of ether oxygens (including phenoxy) is 1. The molecule has 1 aromatic rings. The highest BCUT2D eigenvalue weighted by atomic mass is 35.5. The van der Waals surface area contributed by atoms with Gasteiger partial charge in [-0.25, -0.2) is 0 Å². The Morgan fingerprint density at radius 3 is 2.43 bits per heavy atom. The Labute approximate surface area is 128 Å². The quantitative estimate of drug-likeness (QED) is 0.748. The molecule has 0 saturated heterocycles. The van der Waals surface area contributed by atoms with Crippen LogP contribution in [0.5, 0.6) is 5.75 Å². The van der Waals surface area contributed by atoms with Gasteiger partial charge in [0, 0.05) is 29.1 Å². The molecule has 1 aromatic carbocycles. The highest BCUT2D eigenvalue weighted by Gasteiger charge is 2.26. The minimum absolute atomic E-state index is 0.0314. The van der Waals surface area contributed by atoms with Crippen molar-refractivity contribution in [1.29, 1.82) is 0 Å². The molecule has 0 atom stereocenters. The molecule has 2 nitrogen and oxygen atoms in total. The van der Waals surface area contributed by atoms with Crippen molar-refractivity contribution >= 4 is 11.6 Å². The van der Waals surface area contributed by atoms with Crippen molar-refractivity contribution in [3.05, 3.63) is 28.8 Å². The van der Waals surface area contributed by atoms with E-state index < -0.39 is 12.6 Å². The predicted octanol–water partition coefficient (Wildman–Crippen LogP) is 4.95. The van der Waals surface area contributed by atoms with Gasteiger partial charge in [0.05, 0.1) is 6.61 Å². The van der Waals surface area contributed by atoms with Crippen LogP contribution >= 0.6 is 11.6 Å². The molecule has 0 radical (unpaired) electrons. The highest BCUT2D eigenvalue weighted by Crippen LogP contribution is 2.25. The van der Waals surface area contributed by atoms with Crippen LogP contribution < -0.4 is 10.1 Å². The lowest BCUT2D eigenvalue weighted by atomic mass is 10.1. The van der Waals surface area contributed by atoms with Gasteiger partial charge in [0.1, 0.15) is 5.75 Å². The van der Waals surface area contributed by atoms with Crippen molar-refractivity contribution in [3.8, 4) is 5.75 Å². The van der Waals surface area contributed by atoms with Gasteiger partial charge in [0.15, 0.2) is 0 Å². The van der Waals surface area contributed by atoms with Crippen LogP contribution in [0.1, 0.15) is 39.2 Å². The van der Waals surface area contributed by atoms with Crippen molar-refractivity contribution in [3.63, 3.8) is 0 Å². The summed E-state index contributed by atoms with van der Waals surface area (Å²) >= 11 is 5.96. The molecule has 0 bridgehead atoms. The zero-order valence-corrected chi connectivity index (χ0v) is 13.2. The topological polar surface area (TPSA) is 21.3 Å². The van der Waals surface area contributed by atoms with Crippen molar-refractivity contribution in [1.82, 2.24) is 5.32 Å². The molecule has 0 aliphatic rings. The molecule has 0 fully saturated rings. The number of halogens is 4. The molecule has 1 N–H and O–H groups in total. The summed E-state index contributed by atoms with van der Waals surface area (Å²) in [4.78, 5) is 0. The summed E-state index contributed by atoms with van der Waals surface area (Å²) in [5.74, 6) is 0.568. The second kappa shape index (κ2) is 7.36. The first-order valence-electron chi connectivity index (χ1n) is 6.80. The van der Waals surface area contributed by atoms with Gasteiger partial charge < -0.3 is 10.1 Å². The Balaban J connectivity index is 2.60. The van der Waals surface area contributed by atoms with E-state index >= 15 is 0 Å². The Bertz CT molecular complexity index is 455. The molecule has 0 spiro atoms. The largest absolute Gasteiger partial charge is 0.493 e. The predicted molar refractivity (Wildman–Crippen MR) is 78.8 cm³/mol. The Hall–Kier alpha value is -0.940. The summed E-state index contributed by atoms with van der Waals surface area (Å²) < 4.78 is 41.7. The maximum Gasteiger partial charge on any atom is 0.389 e. The minimum Gasteiger partial charge on any atom is -0.493 e. The van der Waals surface area contributed by atoms with E-state index in [0.717, 1.165) is 5.56 Å². The van der Waals surface area contributed by atoms with Crippen molar-refractivity contribution < 1.29 is 17.9 Å². The van der Waals surface area contributed by atoms with Crippen LogP contribution in [-0.2, 0) is 6.54 Å². The molecule has 0 unspecified atom stereocenters. The normalized spacial score (nSPS) is 12.5. The lowest BCUT2D eigenvalue weighted by Crippen LogP contribution is -2.35. The molecular formula is C15H21ClF3NO. The van der Waals surface area contributed by atoms with Crippen molar-refractivity contribution in [2.45, 2.75) is 51.9 Å². The van der Waals surface area contributed by atoms with Gasteiger partial charge in [-0.2, -0.15) is 13.2 Å². The fourth-order valence-corrected chi connectivity index (χ4v) is 1.84. The standard InChI is InChI=1S/C15H21ClF3NO/c1-14(2,3)20-10-11-9-12(16)5-6-13(11)21-8-4-7-15(17,18)19/h5-6,9,20H,4,7-8,10H2,1-3H3. The van der Waals surface area contributed by atoms with Crippen LogP contribution in [0.2, 0.25) is 5.02 Å². The molecule has 1 rings (SSSR count). The van der Waals surface area contributed by atoms with Gasteiger partial charge in [-0.3, -0.25) is 0 Å². The molecular weight excluding hydrogens is 303 g/mol. The van der Waals surface area contributed by atoms with Gasteiger partial charge in [-0.15, -0.1) is 0 Å². The van der Waals surface area contributed by atoms with Gasteiger partial charge >= 0.3 is 6.18 Å². The molecule has 120 valence electrons. The molecule has 21 heavy (non-hydrogen) atoms. The summed E-state index contributed by atoms with van der Waals surface area (Å²) in [5.41, 5.74) is 0.764. The van der Waals surface area contributed by atoms with E-state index in [0.29, 0.717) is 17.3 Å². The van der Waals surface area contributed by atoms with Crippen LogP contribution in [0.3, 0.4) is 0 Å². The Morgan fingerprint density at radius 2 is 1.86 bits per heavy atom. The number of nitrogens with one attached hydrogen (secondary N) is 1. The number of hydrogen-bond donors (Lipinski definition) is 1. The summed E-state index contributed by atoms with van der Waals surface area (Å²) in [6.07, 6.45) is -5.03. The van der Waals surface area contributed by atoms with E-state index in [1.165, 1.54) is 0 Å². The first-order chi connectivity index (χ1) is 9.57. The van der Waals surface area contributed by atoms with E-state index in [1.54, 1.807) is 18.2 Å². The average molecular weight is 324 g/mol. The van der Waals surface area contributed by atoms with Gasteiger partial charge in [-0.05, 0) is 45.4 Å². The maximum atomic E-state index is 12.1. The fourth-order valence-electron chi connectivity index (χ4n) is 1.64. The van der Waals surface area contributed by atoms with E-state index in [9.17, 15) is 13.2 Å². The summed E-state index contributed by atoms with van der Waals surface area (Å²) in [5, 5.41) is 3.87. The number of alkyl halides is 3. The first-order valence-corrected chi connectivity index (χ1v) is 7.18.